The monoisotopic (exact) mass is 396 g/mol. The molecule has 0 saturated heterocycles. The quantitative estimate of drug-likeness (QED) is 0.471. The molecule has 4 rings (SSSR count). The Morgan fingerprint density at radius 1 is 0.862 bits per heavy atom. The molecule has 2 aromatic heterocycles. The van der Waals surface area contributed by atoms with Crippen molar-refractivity contribution in [2.24, 2.45) is 0 Å². The van der Waals surface area contributed by atoms with Gasteiger partial charge in [-0.25, -0.2) is 0 Å². The third kappa shape index (κ3) is 3.12. The van der Waals surface area contributed by atoms with Crippen molar-refractivity contribution in [2.75, 3.05) is 28.4 Å². The van der Waals surface area contributed by atoms with E-state index < -0.39 is 0 Å². The third-order valence-electron chi connectivity index (χ3n) is 4.68. The van der Waals surface area contributed by atoms with Crippen LogP contribution in [0, 0.1) is 6.92 Å². The van der Waals surface area contributed by atoms with E-state index in [1.54, 1.807) is 40.6 Å². The van der Waals surface area contributed by atoms with Crippen molar-refractivity contribution in [2.45, 2.75) is 6.92 Å². The number of ether oxygens (including phenoxy) is 4. The first-order valence-corrected chi connectivity index (χ1v) is 8.81. The maximum atomic E-state index is 5.95. The van der Waals surface area contributed by atoms with E-state index in [9.17, 15) is 0 Å². The van der Waals surface area contributed by atoms with Gasteiger partial charge in [-0.2, -0.15) is 4.98 Å². The van der Waals surface area contributed by atoms with Crippen LogP contribution in [-0.4, -0.2) is 38.6 Å². The van der Waals surface area contributed by atoms with Crippen molar-refractivity contribution in [3.8, 4) is 46.0 Å². The zero-order valence-corrected chi connectivity index (χ0v) is 16.7. The molecule has 0 radical (unpaired) electrons. The Labute approximate surface area is 166 Å². The van der Waals surface area contributed by atoms with Gasteiger partial charge in [0, 0.05) is 16.5 Å². The molecule has 2 heterocycles. The summed E-state index contributed by atoms with van der Waals surface area (Å²) in [6, 6.07) is 9.10. The van der Waals surface area contributed by atoms with Crippen LogP contribution in [0.1, 0.15) is 5.56 Å². The van der Waals surface area contributed by atoms with Crippen molar-refractivity contribution in [1.82, 2.24) is 10.1 Å². The molecule has 0 saturated carbocycles. The molecule has 150 valence electrons. The summed E-state index contributed by atoms with van der Waals surface area (Å²) in [4.78, 5) is 4.50. The number of aromatic nitrogens is 2. The van der Waals surface area contributed by atoms with E-state index in [2.05, 4.69) is 10.1 Å². The average molecular weight is 396 g/mol. The zero-order valence-electron chi connectivity index (χ0n) is 16.7. The van der Waals surface area contributed by atoms with Crippen LogP contribution in [0.2, 0.25) is 0 Å². The van der Waals surface area contributed by atoms with Gasteiger partial charge in [-0.15, -0.1) is 0 Å². The summed E-state index contributed by atoms with van der Waals surface area (Å²) in [6.45, 7) is 1.94. The predicted molar refractivity (Wildman–Crippen MR) is 106 cm³/mol. The summed E-state index contributed by atoms with van der Waals surface area (Å²) in [6.07, 6.45) is 0. The van der Waals surface area contributed by atoms with Crippen LogP contribution >= 0.6 is 0 Å². The lowest BCUT2D eigenvalue weighted by Gasteiger charge is -2.12. The molecule has 0 aliphatic carbocycles. The number of fused-ring (bicyclic) bond motifs is 1. The largest absolute Gasteiger partial charge is 0.497 e. The minimum Gasteiger partial charge on any atom is -0.497 e. The lowest BCUT2D eigenvalue weighted by atomic mass is 10.1. The smallest absolute Gasteiger partial charge is 0.258 e. The normalized spacial score (nSPS) is 10.9. The van der Waals surface area contributed by atoms with E-state index in [0.717, 1.165) is 22.3 Å². The number of furan rings is 1. The standard InChI is InChI=1S/C21H20N2O6/c1-11-14-10-13(24-2)6-7-15(14)28-18(11)20-22-21(29-23-20)12-8-16(25-3)19(27-5)17(9-12)26-4/h6-10H,1-5H3. The van der Waals surface area contributed by atoms with Crippen molar-refractivity contribution >= 4 is 11.0 Å². The first-order valence-electron chi connectivity index (χ1n) is 8.81. The fourth-order valence-corrected chi connectivity index (χ4v) is 3.18. The number of hydrogen-bond donors (Lipinski definition) is 0. The van der Waals surface area contributed by atoms with Gasteiger partial charge < -0.3 is 27.9 Å². The van der Waals surface area contributed by atoms with Crippen molar-refractivity contribution in [3.63, 3.8) is 0 Å². The highest BCUT2D eigenvalue weighted by Gasteiger charge is 2.21. The van der Waals surface area contributed by atoms with Crippen molar-refractivity contribution in [1.29, 1.82) is 0 Å². The minimum absolute atomic E-state index is 0.302. The molecule has 8 heteroatoms. The highest BCUT2D eigenvalue weighted by atomic mass is 16.5. The molecule has 0 aliphatic rings. The molecule has 4 aromatic rings. The van der Waals surface area contributed by atoms with Crippen LogP contribution in [0.15, 0.2) is 39.3 Å². The Kier molecular flexibility index (Phi) is 4.75. The van der Waals surface area contributed by atoms with E-state index in [1.807, 2.05) is 25.1 Å². The molecule has 29 heavy (non-hydrogen) atoms. The predicted octanol–water partition coefficient (Wildman–Crippen LogP) is 4.49. The van der Waals surface area contributed by atoms with E-state index in [0.29, 0.717) is 40.3 Å². The first kappa shape index (κ1) is 18.7. The summed E-state index contributed by atoms with van der Waals surface area (Å²) in [5.74, 6) is 3.41. The van der Waals surface area contributed by atoms with Gasteiger partial charge in [0.1, 0.15) is 11.3 Å². The molecule has 0 spiro atoms. The maximum absolute atomic E-state index is 5.95. The third-order valence-corrected chi connectivity index (χ3v) is 4.68. The first-order chi connectivity index (χ1) is 14.1. The van der Waals surface area contributed by atoms with Gasteiger partial charge in [0.25, 0.3) is 5.89 Å². The molecular formula is C21H20N2O6. The molecule has 0 unspecified atom stereocenters. The Hall–Kier alpha value is -3.68. The Bertz CT molecular complexity index is 1150. The van der Waals surface area contributed by atoms with Crippen molar-refractivity contribution in [3.05, 3.63) is 35.9 Å². The van der Waals surface area contributed by atoms with Crippen LogP contribution in [0.5, 0.6) is 23.0 Å². The van der Waals surface area contributed by atoms with Crippen LogP contribution < -0.4 is 18.9 Å². The zero-order chi connectivity index (χ0) is 20.5. The molecule has 2 aromatic carbocycles. The molecule has 0 fully saturated rings. The fourth-order valence-electron chi connectivity index (χ4n) is 3.18. The van der Waals surface area contributed by atoms with Gasteiger partial charge in [0.15, 0.2) is 17.3 Å². The maximum Gasteiger partial charge on any atom is 0.258 e. The molecule has 0 amide bonds. The topological polar surface area (TPSA) is 89.0 Å². The summed E-state index contributed by atoms with van der Waals surface area (Å²) in [5, 5.41) is 5.02. The number of hydrogen-bond acceptors (Lipinski definition) is 8. The number of rotatable bonds is 6. The number of methoxy groups -OCH3 is 4. The Morgan fingerprint density at radius 2 is 1.59 bits per heavy atom. The second-order valence-electron chi connectivity index (χ2n) is 6.26. The van der Waals surface area contributed by atoms with Crippen LogP contribution in [0.25, 0.3) is 34.0 Å². The number of nitrogens with zero attached hydrogens (tertiary/aromatic N) is 2. The van der Waals surface area contributed by atoms with E-state index in [4.69, 9.17) is 27.9 Å². The van der Waals surface area contributed by atoms with E-state index >= 15 is 0 Å². The number of benzene rings is 2. The minimum atomic E-state index is 0.302. The van der Waals surface area contributed by atoms with Gasteiger partial charge in [-0.1, -0.05) is 5.16 Å². The molecule has 0 aliphatic heterocycles. The second kappa shape index (κ2) is 7.38. The van der Waals surface area contributed by atoms with Crippen LogP contribution in [-0.2, 0) is 0 Å². The summed E-state index contributed by atoms with van der Waals surface area (Å²) >= 11 is 0. The Morgan fingerprint density at radius 3 is 2.21 bits per heavy atom. The highest BCUT2D eigenvalue weighted by molar-refractivity contribution is 5.87. The van der Waals surface area contributed by atoms with Crippen LogP contribution in [0.3, 0.4) is 0 Å². The van der Waals surface area contributed by atoms with Gasteiger partial charge in [0.05, 0.1) is 28.4 Å². The molecule has 0 atom stereocenters. The number of aryl methyl sites for hydroxylation is 1. The molecule has 8 nitrogen and oxygen atoms in total. The fraction of sp³-hybridized carbons (Fsp3) is 0.238. The average Bonchev–Trinajstić information content (AvgIpc) is 3.37. The lowest BCUT2D eigenvalue weighted by Crippen LogP contribution is -1.95. The molecule has 0 N–H and O–H groups in total. The van der Waals surface area contributed by atoms with Crippen LogP contribution in [0.4, 0.5) is 0 Å². The molecule has 0 bridgehead atoms. The summed E-state index contributed by atoms with van der Waals surface area (Å²) in [7, 11) is 6.27. The summed E-state index contributed by atoms with van der Waals surface area (Å²) in [5.41, 5.74) is 2.25. The second-order valence-corrected chi connectivity index (χ2v) is 6.26. The molecular weight excluding hydrogens is 376 g/mol. The highest BCUT2D eigenvalue weighted by Crippen LogP contribution is 2.41. The SMILES string of the molecule is COc1ccc2oc(-c3noc(-c4cc(OC)c(OC)c(OC)c4)n3)c(C)c2c1. The van der Waals surface area contributed by atoms with Gasteiger partial charge in [0.2, 0.25) is 11.6 Å². The van der Waals surface area contributed by atoms with Gasteiger partial charge in [-0.05, 0) is 37.3 Å². The van der Waals surface area contributed by atoms with Crippen molar-refractivity contribution < 1.29 is 27.9 Å². The summed E-state index contributed by atoms with van der Waals surface area (Å²) < 4.78 is 32.8. The van der Waals surface area contributed by atoms with Gasteiger partial charge >= 0.3 is 0 Å². The van der Waals surface area contributed by atoms with E-state index in [-0.39, 0.29) is 0 Å². The lowest BCUT2D eigenvalue weighted by molar-refractivity contribution is 0.324. The van der Waals surface area contributed by atoms with E-state index in [1.165, 1.54) is 0 Å². The van der Waals surface area contributed by atoms with Gasteiger partial charge in [-0.3, -0.25) is 0 Å². The Balaban J connectivity index is 1.78.